The number of nitrogens with zero attached hydrogens (tertiary/aromatic N) is 1. The van der Waals surface area contributed by atoms with E-state index in [1.54, 1.807) is 7.11 Å². The van der Waals surface area contributed by atoms with Gasteiger partial charge >= 0.3 is 0 Å². The van der Waals surface area contributed by atoms with E-state index in [0.717, 1.165) is 6.42 Å². The second-order valence-electron chi connectivity index (χ2n) is 3.81. The van der Waals surface area contributed by atoms with Gasteiger partial charge in [-0.3, -0.25) is 4.79 Å². The Kier molecular flexibility index (Phi) is 2.56. The number of methoxy groups -OCH3 is 1. The molecular formula is C9H12BrN3O2. The number of nitrogens with one attached hydrogen (secondary N) is 2. The van der Waals surface area contributed by atoms with Gasteiger partial charge in [-0.25, -0.2) is 4.98 Å². The van der Waals surface area contributed by atoms with Gasteiger partial charge in [0.1, 0.15) is 10.3 Å². The smallest absolute Gasteiger partial charge is 0.267 e. The maximum absolute atomic E-state index is 11.3. The van der Waals surface area contributed by atoms with Gasteiger partial charge in [-0.2, -0.15) is 0 Å². The van der Waals surface area contributed by atoms with E-state index in [1.807, 2.05) is 6.92 Å². The van der Waals surface area contributed by atoms with E-state index in [0.29, 0.717) is 10.3 Å². The van der Waals surface area contributed by atoms with E-state index in [1.165, 1.54) is 6.33 Å². The van der Waals surface area contributed by atoms with E-state index in [-0.39, 0.29) is 17.2 Å². The van der Waals surface area contributed by atoms with Crippen LogP contribution in [0.2, 0.25) is 0 Å². The molecule has 6 heteroatoms. The van der Waals surface area contributed by atoms with Crippen molar-refractivity contribution in [1.82, 2.24) is 9.97 Å². The molecule has 1 fully saturated rings. The van der Waals surface area contributed by atoms with Crippen LogP contribution in [0.5, 0.6) is 0 Å². The van der Waals surface area contributed by atoms with Gasteiger partial charge in [0.25, 0.3) is 5.56 Å². The summed E-state index contributed by atoms with van der Waals surface area (Å²) >= 11 is 3.19. The van der Waals surface area contributed by atoms with E-state index in [2.05, 4.69) is 31.2 Å². The summed E-state index contributed by atoms with van der Waals surface area (Å²) in [5.41, 5.74) is -0.323. The van der Waals surface area contributed by atoms with Gasteiger partial charge in [0.05, 0.1) is 18.0 Å². The second kappa shape index (κ2) is 3.61. The van der Waals surface area contributed by atoms with E-state index in [4.69, 9.17) is 4.74 Å². The van der Waals surface area contributed by atoms with Crippen molar-refractivity contribution < 1.29 is 4.74 Å². The fourth-order valence-electron chi connectivity index (χ4n) is 1.42. The van der Waals surface area contributed by atoms with Crippen molar-refractivity contribution >= 4 is 21.7 Å². The number of aromatic nitrogens is 2. The number of anilines is 1. The summed E-state index contributed by atoms with van der Waals surface area (Å²) in [5.74, 6) is 0.560. The first-order valence-electron chi connectivity index (χ1n) is 4.62. The maximum Gasteiger partial charge on any atom is 0.267 e. The number of hydrogen-bond acceptors (Lipinski definition) is 4. The van der Waals surface area contributed by atoms with Crippen LogP contribution in [0.3, 0.4) is 0 Å². The van der Waals surface area contributed by atoms with Crippen LogP contribution in [-0.4, -0.2) is 28.7 Å². The first-order valence-corrected chi connectivity index (χ1v) is 5.41. The Labute approximate surface area is 95.4 Å². The molecule has 1 heterocycles. The molecule has 1 aliphatic rings. The van der Waals surface area contributed by atoms with E-state index >= 15 is 0 Å². The average Bonchev–Trinajstić information content (AvgIpc) is 2.86. The lowest BCUT2D eigenvalue weighted by Gasteiger charge is -2.10. The third-order valence-corrected chi connectivity index (χ3v) is 3.50. The Morgan fingerprint density at radius 2 is 2.53 bits per heavy atom. The van der Waals surface area contributed by atoms with Crippen molar-refractivity contribution in [2.24, 2.45) is 0 Å². The Morgan fingerprint density at radius 3 is 3.13 bits per heavy atom. The monoisotopic (exact) mass is 273 g/mol. The zero-order chi connectivity index (χ0) is 11.1. The summed E-state index contributed by atoms with van der Waals surface area (Å²) in [5, 5.41) is 3.16. The molecule has 0 radical (unpaired) electrons. The molecule has 1 aromatic rings. The zero-order valence-electron chi connectivity index (χ0n) is 8.50. The van der Waals surface area contributed by atoms with E-state index in [9.17, 15) is 4.79 Å². The highest BCUT2D eigenvalue weighted by atomic mass is 79.9. The normalized spacial score (nSPS) is 28.9. The third kappa shape index (κ3) is 1.91. The van der Waals surface area contributed by atoms with Gasteiger partial charge in [-0.05, 0) is 22.9 Å². The highest BCUT2D eigenvalue weighted by Gasteiger charge is 2.51. The fraction of sp³-hybridized carbons (Fsp3) is 0.556. The summed E-state index contributed by atoms with van der Waals surface area (Å²) < 4.78 is 5.74. The highest BCUT2D eigenvalue weighted by Crippen LogP contribution is 2.41. The van der Waals surface area contributed by atoms with Gasteiger partial charge < -0.3 is 15.0 Å². The topological polar surface area (TPSA) is 67.0 Å². The largest absolute Gasteiger partial charge is 0.376 e. The van der Waals surface area contributed by atoms with Crippen molar-refractivity contribution in [1.29, 1.82) is 0 Å². The lowest BCUT2D eigenvalue weighted by Crippen LogP contribution is -2.20. The SMILES string of the molecule is CO[C@@]1(C)C[C@H]1Nc1nc[nH]c(=O)c1Br. The maximum atomic E-state index is 11.3. The lowest BCUT2D eigenvalue weighted by molar-refractivity contribution is 0.0936. The molecule has 15 heavy (non-hydrogen) atoms. The van der Waals surface area contributed by atoms with Crippen LogP contribution >= 0.6 is 15.9 Å². The molecule has 2 atom stereocenters. The molecule has 0 aromatic carbocycles. The summed E-state index contributed by atoms with van der Waals surface area (Å²) in [7, 11) is 1.68. The molecule has 0 bridgehead atoms. The summed E-state index contributed by atoms with van der Waals surface area (Å²) in [6.07, 6.45) is 2.30. The minimum atomic E-state index is -0.188. The average molecular weight is 274 g/mol. The number of H-pyrrole nitrogens is 1. The van der Waals surface area contributed by atoms with Crippen LogP contribution in [0.1, 0.15) is 13.3 Å². The molecule has 0 aliphatic heterocycles. The summed E-state index contributed by atoms with van der Waals surface area (Å²) in [6, 6.07) is 0.216. The van der Waals surface area contributed by atoms with Crippen LogP contribution in [0.25, 0.3) is 0 Å². The van der Waals surface area contributed by atoms with Gasteiger partial charge in [0, 0.05) is 13.5 Å². The van der Waals surface area contributed by atoms with Gasteiger partial charge in [0.2, 0.25) is 0 Å². The first-order chi connectivity index (χ1) is 7.07. The Bertz CT molecular complexity index is 434. The predicted octanol–water partition coefficient (Wildman–Crippen LogP) is 1.12. The lowest BCUT2D eigenvalue weighted by atomic mass is 10.4. The van der Waals surface area contributed by atoms with E-state index < -0.39 is 0 Å². The molecule has 0 amide bonds. The number of hydrogen-bond donors (Lipinski definition) is 2. The van der Waals surface area contributed by atoms with Gasteiger partial charge in [-0.1, -0.05) is 0 Å². The summed E-state index contributed by atoms with van der Waals surface area (Å²) in [4.78, 5) is 17.8. The zero-order valence-corrected chi connectivity index (χ0v) is 10.1. The quantitative estimate of drug-likeness (QED) is 0.866. The first kappa shape index (κ1) is 10.6. The molecule has 1 aromatic heterocycles. The Balaban J connectivity index is 2.14. The highest BCUT2D eigenvalue weighted by molar-refractivity contribution is 9.10. The Hall–Kier alpha value is -0.880. The minimum Gasteiger partial charge on any atom is -0.376 e. The van der Waals surface area contributed by atoms with Crippen molar-refractivity contribution in [3.8, 4) is 0 Å². The van der Waals surface area contributed by atoms with Crippen LogP contribution in [0.4, 0.5) is 5.82 Å². The van der Waals surface area contributed by atoms with Crippen LogP contribution in [0.15, 0.2) is 15.6 Å². The van der Waals surface area contributed by atoms with Gasteiger partial charge in [-0.15, -0.1) is 0 Å². The number of ether oxygens (including phenoxy) is 1. The van der Waals surface area contributed by atoms with Crippen molar-refractivity contribution in [3.05, 3.63) is 21.2 Å². The van der Waals surface area contributed by atoms with Crippen LogP contribution in [0, 0.1) is 0 Å². The number of halogens is 1. The molecule has 82 valence electrons. The van der Waals surface area contributed by atoms with Crippen molar-refractivity contribution in [2.45, 2.75) is 25.0 Å². The van der Waals surface area contributed by atoms with Gasteiger partial charge in [0.15, 0.2) is 0 Å². The van der Waals surface area contributed by atoms with Crippen molar-refractivity contribution in [3.63, 3.8) is 0 Å². The van der Waals surface area contributed by atoms with Crippen LogP contribution in [-0.2, 0) is 4.74 Å². The van der Waals surface area contributed by atoms with Crippen molar-refractivity contribution in [2.75, 3.05) is 12.4 Å². The molecule has 2 rings (SSSR count). The molecule has 0 spiro atoms. The molecule has 5 nitrogen and oxygen atoms in total. The predicted molar refractivity (Wildman–Crippen MR) is 60.0 cm³/mol. The molecule has 2 N–H and O–H groups in total. The molecular weight excluding hydrogens is 262 g/mol. The fourth-order valence-corrected chi connectivity index (χ4v) is 1.76. The molecule has 0 unspecified atom stereocenters. The minimum absolute atomic E-state index is 0.135. The summed E-state index contributed by atoms with van der Waals surface area (Å²) in [6.45, 7) is 2.02. The molecule has 1 saturated carbocycles. The Morgan fingerprint density at radius 1 is 1.80 bits per heavy atom. The standard InChI is InChI=1S/C9H12BrN3O2/c1-9(15-2)3-5(9)13-7-6(10)8(14)12-4-11-7/h4-5H,3H2,1-2H3,(H2,11,12,13,14)/t5-,9+/m1/s1. The van der Waals surface area contributed by atoms with Crippen LogP contribution < -0.4 is 10.9 Å². The number of rotatable bonds is 3. The number of aromatic amines is 1. The molecule has 0 saturated heterocycles. The second-order valence-corrected chi connectivity index (χ2v) is 4.61. The molecule has 1 aliphatic carbocycles. The third-order valence-electron chi connectivity index (χ3n) is 2.76.